The Kier molecular flexibility index (Phi) is 1.48. The van der Waals surface area contributed by atoms with Crippen molar-refractivity contribution >= 4 is 27.7 Å². The third-order valence-corrected chi connectivity index (χ3v) is 3.69. The summed E-state index contributed by atoms with van der Waals surface area (Å²) in [6.07, 6.45) is 6.32. The number of rotatable bonds is 1. The lowest BCUT2D eigenvalue weighted by molar-refractivity contribution is 0.143. The lowest BCUT2D eigenvalue weighted by Crippen LogP contribution is -2.14. The van der Waals surface area contributed by atoms with Gasteiger partial charge in [-0.05, 0) is 12.2 Å². The van der Waals surface area contributed by atoms with Crippen LogP contribution in [-0.4, -0.2) is 17.3 Å². The fraction of sp³-hybridized carbons (Fsp3) is 0.429. The fourth-order valence-corrected chi connectivity index (χ4v) is 2.68. The van der Waals surface area contributed by atoms with Gasteiger partial charge in [0.25, 0.3) is 0 Å². The Labute approximate surface area is 72.6 Å². The van der Waals surface area contributed by atoms with Crippen molar-refractivity contribution in [2.75, 3.05) is 7.11 Å². The maximum atomic E-state index is 5.31. The summed E-state index contributed by atoms with van der Waals surface area (Å²) < 4.78 is 6.47. The van der Waals surface area contributed by atoms with Gasteiger partial charge in [0.15, 0.2) is 0 Å². The number of halogens is 1. The van der Waals surface area contributed by atoms with Gasteiger partial charge in [0, 0.05) is 11.6 Å². The first-order chi connectivity index (χ1) is 4.77. The third-order valence-electron chi connectivity index (χ3n) is 1.75. The van der Waals surface area contributed by atoms with Crippen molar-refractivity contribution in [2.24, 2.45) is 0 Å². The molecule has 1 heterocycles. The van der Waals surface area contributed by atoms with Crippen LogP contribution < -0.4 is 0 Å². The van der Waals surface area contributed by atoms with Crippen LogP contribution in [0, 0.1) is 0 Å². The molecule has 2 atom stereocenters. The van der Waals surface area contributed by atoms with Gasteiger partial charge in [-0.1, -0.05) is 22.0 Å². The van der Waals surface area contributed by atoms with Crippen LogP contribution in [0.4, 0.5) is 0 Å². The van der Waals surface area contributed by atoms with Gasteiger partial charge in [0.05, 0.1) is 5.25 Å². The second-order valence-electron chi connectivity index (χ2n) is 2.35. The summed E-state index contributed by atoms with van der Waals surface area (Å²) >= 11 is 5.25. The fourth-order valence-electron chi connectivity index (χ4n) is 1.08. The predicted molar refractivity (Wildman–Crippen MR) is 47.3 cm³/mol. The highest BCUT2D eigenvalue weighted by atomic mass is 79.9. The molecule has 2 aliphatic rings. The van der Waals surface area contributed by atoms with E-state index < -0.39 is 0 Å². The largest absolute Gasteiger partial charge is 0.362 e. The topological polar surface area (TPSA) is 9.23 Å². The second-order valence-corrected chi connectivity index (χ2v) is 4.65. The summed E-state index contributed by atoms with van der Waals surface area (Å²) in [6.45, 7) is 0. The van der Waals surface area contributed by atoms with Gasteiger partial charge in [0.1, 0.15) is 4.93 Å². The van der Waals surface area contributed by atoms with Gasteiger partial charge < -0.3 is 4.74 Å². The van der Waals surface area contributed by atoms with E-state index in [1.54, 1.807) is 7.11 Å². The summed E-state index contributed by atoms with van der Waals surface area (Å²) in [5.74, 6) is 0. The van der Waals surface area contributed by atoms with E-state index in [1.807, 2.05) is 17.8 Å². The Morgan fingerprint density at radius 3 is 3.20 bits per heavy atom. The van der Waals surface area contributed by atoms with Crippen LogP contribution in [-0.2, 0) is 4.74 Å². The van der Waals surface area contributed by atoms with E-state index in [9.17, 15) is 0 Å². The summed E-state index contributed by atoms with van der Waals surface area (Å²) in [5, 5.41) is 0.539. The van der Waals surface area contributed by atoms with E-state index in [-0.39, 0.29) is 4.93 Å². The van der Waals surface area contributed by atoms with Crippen LogP contribution in [0.25, 0.3) is 0 Å². The van der Waals surface area contributed by atoms with E-state index in [2.05, 4.69) is 28.1 Å². The van der Waals surface area contributed by atoms with Crippen LogP contribution >= 0.6 is 27.7 Å². The number of hydrogen-bond acceptors (Lipinski definition) is 2. The van der Waals surface area contributed by atoms with Crippen molar-refractivity contribution in [3.63, 3.8) is 0 Å². The van der Waals surface area contributed by atoms with Gasteiger partial charge in [-0.25, -0.2) is 0 Å². The average molecular weight is 219 g/mol. The van der Waals surface area contributed by atoms with Crippen LogP contribution in [0.1, 0.15) is 0 Å². The predicted octanol–water partition coefficient (Wildman–Crippen LogP) is 2.29. The van der Waals surface area contributed by atoms with Gasteiger partial charge in [0.2, 0.25) is 0 Å². The molecule has 54 valence electrons. The molecular weight excluding hydrogens is 212 g/mol. The van der Waals surface area contributed by atoms with Crippen molar-refractivity contribution in [1.29, 1.82) is 0 Å². The van der Waals surface area contributed by atoms with E-state index in [0.717, 1.165) is 4.48 Å². The molecule has 0 N–H and O–H groups in total. The van der Waals surface area contributed by atoms with Crippen molar-refractivity contribution < 1.29 is 4.74 Å². The molecule has 0 aromatic heterocycles. The van der Waals surface area contributed by atoms with Crippen molar-refractivity contribution in [3.05, 3.63) is 22.7 Å². The molecule has 3 heteroatoms. The molecule has 1 aliphatic heterocycles. The molecular formula is C7H7BrOS. The molecule has 10 heavy (non-hydrogen) atoms. The van der Waals surface area contributed by atoms with Crippen molar-refractivity contribution in [1.82, 2.24) is 0 Å². The molecule has 0 spiro atoms. The maximum Gasteiger partial charge on any atom is 0.148 e. The molecule has 2 unspecified atom stereocenters. The van der Waals surface area contributed by atoms with E-state index >= 15 is 0 Å². The van der Waals surface area contributed by atoms with Gasteiger partial charge in [-0.3, -0.25) is 0 Å². The van der Waals surface area contributed by atoms with Gasteiger partial charge in [-0.15, -0.1) is 11.8 Å². The SMILES string of the molecule is COC12C=CC(Br)=CC1S2. The zero-order valence-corrected chi connectivity index (χ0v) is 7.91. The number of thioether (sulfide) groups is 1. The second kappa shape index (κ2) is 2.13. The number of ether oxygens (including phenoxy) is 1. The summed E-state index contributed by atoms with van der Waals surface area (Å²) in [5.41, 5.74) is 0. The minimum absolute atomic E-state index is 0.00271. The number of fused-ring (bicyclic) bond motifs is 1. The highest BCUT2D eigenvalue weighted by Gasteiger charge is 2.54. The molecule has 0 saturated carbocycles. The van der Waals surface area contributed by atoms with Crippen molar-refractivity contribution in [3.8, 4) is 0 Å². The first-order valence-electron chi connectivity index (χ1n) is 3.06. The Bertz CT molecular complexity index is 224. The summed E-state index contributed by atoms with van der Waals surface area (Å²) in [6, 6.07) is 0. The average Bonchev–Trinajstić information content (AvgIpc) is 2.62. The Balaban J connectivity index is 2.23. The number of allylic oxidation sites excluding steroid dienone is 2. The lowest BCUT2D eigenvalue weighted by atomic mass is 10.1. The van der Waals surface area contributed by atoms with Crippen LogP contribution in [0.5, 0.6) is 0 Å². The molecule has 0 bridgehead atoms. The molecule has 1 saturated heterocycles. The molecule has 0 aromatic carbocycles. The highest BCUT2D eigenvalue weighted by molar-refractivity contribution is 9.11. The molecule has 0 radical (unpaired) electrons. The van der Waals surface area contributed by atoms with E-state index in [0.29, 0.717) is 5.25 Å². The highest BCUT2D eigenvalue weighted by Crippen LogP contribution is 2.58. The van der Waals surface area contributed by atoms with E-state index in [4.69, 9.17) is 4.74 Å². The minimum atomic E-state index is -0.00271. The zero-order valence-electron chi connectivity index (χ0n) is 5.50. The van der Waals surface area contributed by atoms with Gasteiger partial charge in [-0.2, -0.15) is 0 Å². The zero-order chi connectivity index (χ0) is 7.19. The first kappa shape index (κ1) is 6.95. The first-order valence-corrected chi connectivity index (χ1v) is 4.74. The molecule has 1 nitrogen and oxygen atoms in total. The molecule has 2 rings (SSSR count). The molecule has 1 aliphatic carbocycles. The van der Waals surface area contributed by atoms with Crippen LogP contribution in [0.15, 0.2) is 22.7 Å². The minimum Gasteiger partial charge on any atom is -0.362 e. The molecule has 1 fully saturated rings. The van der Waals surface area contributed by atoms with Crippen LogP contribution in [0.3, 0.4) is 0 Å². The summed E-state index contributed by atoms with van der Waals surface area (Å²) in [4.78, 5) is -0.00271. The Hall–Kier alpha value is 0.270. The lowest BCUT2D eigenvalue weighted by Gasteiger charge is -2.09. The number of hydrogen-bond donors (Lipinski definition) is 0. The third kappa shape index (κ3) is 0.881. The molecule has 0 aromatic rings. The smallest absolute Gasteiger partial charge is 0.148 e. The van der Waals surface area contributed by atoms with Crippen molar-refractivity contribution in [2.45, 2.75) is 10.2 Å². The summed E-state index contributed by atoms with van der Waals surface area (Å²) in [7, 11) is 1.75. The van der Waals surface area contributed by atoms with Gasteiger partial charge >= 0.3 is 0 Å². The Morgan fingerprint density at radius 2 is 2.60 bits per heavy atom. The molecule has 0 amide bonds. The standard InChI is InChI=1S/C7H7BrOS/c1-9-7-3-2-5(8)4-6(7)10-7/h2-4,6H,1H3. The van der Waals surface area contributed by atoms with Crippen LogP contribution in [0.2, 0.25) is 0 Å². The number of methoxy groups -OCH3 is 1. The monoisotopic (exact) mass is 218 g/mol. The quantitative estimate of drug-likeness (QED) is 0.626. The normalized spacial score (nSPS) is 42.6. The Morgan fingerprint density at radius 1 is 1.80 bits per heavy atom. The van der Waals surface area contributed by atoms with E-state index in [1.165, 1.54) is 0 Å². The maximum absolute atomic E-state index is 5.31.